The first-order valence-corrected chi connectivity index (χ1v) is 15.3. The number of benzene rings is 1. The normalized spacial score (nSPS) is 21.3. The zero-order chi connectivity index (χ0) is 31.7. The van der Waals surface area contributed by atoms with Gasteiger partial charge in [-0.2, -0.15) is 24.9 Å². The number of hydrogen-bond acceptors (Lipinski definition) is 10. The van der Waals surface area contributed by atoms with Gasteiger partial charge in [-0.3, -0.25) is 4.79 Å². The molecule has 0 spiro atoms. The van der Waals surface area contributed by atoms with Crippen LogP contribution in [0.2, 0.25) is 0 Å². The molecular formula is C29H40F3NO9S. The lowest BCUT2D eigenvalue weighted by Crippen LogP contribution is -2.21. The molecule has 43 heavy (non-hydrogen) atoms. The van der Waals surface area contributed by atoms with E-state index < -0.39 is 41.1 Å². The maximum absolute atomic E-state index is 12.9. The van der Waals surface area contributed by atoms with Crippen molar-refractivity contribution in [1.82, 2.24) is 0 Å². The van der Waals surface area contributed by atoms with Crippen LogP contribution in [0.25, 0.3) is 0 Å². The lowest BCUT2D eigenvalue weighted by molar-refractivity contribution is -0.757. The molecule has 1 fully saturated rings. The van der Waals surface area contributed by atoms with Gasteiger partial charge in [-0.1, -0.05) is 30.4 Å². The first-order valence-electron chi connectivity index (χ1n) is 14.2. The first-order chi connectivity index (χ1) is 20.5. The van der Waals surface area contributed by atoms with Crippen LogP contribution in [-0.2, 0) is 20.5 Å². The van der Waals surface area contributed by atoms with Crippen LogP contribution in [0.3, 0.4) is 0 Å². The van der Waals surface area contributed by atoms with Crippen LogP contribution >= 0.6 is 11.8 Å². The average molecular weight is 636 g/mol. The van der Waals surface area contributed by atoms with Crippen molar-refractivity contribution in [2.75, 3.05) is 31.3 Å². The standard InChI is InChI=1S/C29H40F3NO9S/c30-29(31,32)21-8-7-9-23(18-21)41-20-22(34)12-13-25-24(26(35)19-27(25)36)10-3-1-2-4-11-28(37)40-15-17-43-16-6-5-14-42-33(38)39/h1,3,7-9,12-13,18,22,24-27,34-36H,2,4-6,10-11,14-17,19-20H2/b3-1-,13-12+/t22-,24-,25-,26+,27-/m1/s1. The van der Waals surface area contributed by atoms with E-state index in [0.29, 0.717) is 38.0 Å². The van der Waals surface area contributed by atoms with Gasteiger partial charge in [0.2, 0.25) is 0 Å². The summed E-state index contributed by atoms with van der Waals surface area (Å²) in [6, 6.07) is 4.36. The third-order valence-electron chi connectivity index (χ3n) is 6.75. The van der Waals surface area contributed by atoms with E-state index in [1.165, 1.54) is 18.2 Å². The maximum Gasteiger partial charge on any atom is 0.416 e. The summed E-state index contributed by atoms with van der Waals surface area (Å²) in [4.78, 5) is 26.1. The fourth-order valence-electron chi connectivity index (χ4n) is 4.53. The summed E-state index contributed by atoms with van der Waals surface area (Å²) < 4.78 is 49.1. The number of halogens is 3. The van der Waals surface area contributed by atoms with Gasteiger partial charge in [0.15, 0.2) is 0 Å². The summed E-state index contributed by atoms with van der Waals surface area (Å²) in [5.41, 5.74) is -0.853. The van der Waals surface area contributed by atoms with Crippen molar-refractivity contribution in [1.29, 1.82) is 0 Å². The number of unbranched alkanes of at least 4 members (excludes halogenated alkanes) is 2. The molecule has 242 valence electrons. The van der Waals surface area contributed by atoms with E-state index in [0.717, 1.165) is 24.3 Å². The number of hydrogen-bond donors (Lipinski definition) is 3. The number of aliphatic hydroxyl groups is 3. The highest BCUT2D eigenvalue weighted by Gasteiger charge is 2.39. The van der Waals surface area contributed by atoms with E-state index in [1.54, 1.807) is 17.8 Å². The van der Waals surface area contributed by atoms with Gasteiger partial charge in [0.05, 0.1) is 24.4 Å². The van der Waals surface area contributed by atoms with Gasteiger partial charge in [-0.25, -0.2) is 0 Å². The van der Waals surface area contributed by atoms with Gasteiger partial charge in [-0.05, 0) is 62.0 Å². The third kappa shape index (κ3) is 15.0. The fourth-order valence-corrected chi connectivity index (χ4v) is 5.35. The van der Waals surface area contributed by atoms with Crippen LogP contribution in [-0.4, -0.2) is 76.0 Å². The molecule has 0 amide bonds. The summed E-state index contributed by atoms with van der Waals surface area (Å²) in [5.74, 6) is 0.412. The lowest BCUT2D eigenvalue weighted by atomic mass is 9.89. The minimum atomic E-state index is -4.50. The van der Waals surface area contributed by atoms with Crippen LogP contribution in [0.1, 0.15) is 50.5 Å². The molecule has 0 heterocycles. The van der Waals surface area contributed by atoms with E-state index in [9.17, 15) is 43.4 Å². The molecule has 1 aromatic carbocycles. The van der Waals surface area contributed by atoms with Gasteiger partial charge in [-0.15, -0.1) is 10.1 Å². The topological polar surface area (TPSA) is 149 Å². The third-order valence-corrected chi connectivity index (χ3v) is 7.78. The van der Waals surface area contributed by atoms with E-state index in [4.69, 9.17) is 9.47 Å². The van der Waals surface area contributed by atoms with Crippen molar-refractivity contribution >= 4 is 17.7 Å². The highest BCUT2D eigenvalue weighted by atomic mass is 32.2. The fraction of sp³-hybridized carbons (Fsp3) is 0.621. The van der Waals surface area contributed by atoms with Crippen molar-refractivity contribution in [3.05, 3.63) is 64.2 Å². The number of ether oxygens (including phenoxy) is 2. The van der Waals surface area contributed by atoms with E-state index in [2.05, 4.69) is 4.84 Å². The number of esters is 1. The van der Waals surface area contributed by atoms with Crippen molar-refractivity contribution < 1.29 is 52.7 Å². The Morgan fingerprint density at radius 1 is 1.14 bits per heavy atom. The molecule has 0 aliphatic heterocycles. The molecule has 3 N–H and O–H groups in total. The van der Waals surface area contributed by atoms with Gasteiger partial charge >= 0.3 is 12.1 Å². The number of thioether (sulfide) groups is 1. The van der Waals surface area contributed by atoms with Crippen LogP contribution in [0.5, 0.6) is 5.75 Å². The summed E-state index contributed by atoms with van der Waals surface area (Å²) >= 11 is 1.60. The second-order valence-corrected chi connectivity index (χ2v) is 11.3. The monoisotopic (exact) mass is 635 g/mol. The molecule has 0 saturated heterocycles. The summed E-state index contributed by atoms with van der Waals surface area (Å²) in [6.07, 6.45) is 3.15. The summed E-state index contributed by atoms with van der Waals surface area (Å²) in [6.45, 7) is 0.0988. The number of carbonyl (C=O) groups is 1. The Hall–Kier alpha value is -2.81. The highest BCUT2D eigenvalue weighted by molar-refractivity contribution is 7.99. The largest absolute Gasteiger partial charge is 0.491 e. The Kier molecular flexibility index (Phi) is 16.5. The zero-order valence-electron chi connectivity index (χ0n) is 23.8. The SMILES string of the molecule is O=C(CCC/C=C\C[C@@H]1[C@@H](/C=C/[C@@H](O)COc2cccc(C(F)(F)F)c2)[C@H](O)C[C@@H]1O)OCCSCCCCO[N+](=O)[O-]. The number of nitrogens with zero attached hydrogens (tertiary/aromatic N) is 1. The molecule has 1 aliphatic rings. The molecule has 1 saturated carbocycles. The van der Waals surface area contributed by atoms with Crippen molar-refractivity contribution in [2.24, 2.45) is 11.8 Å². The molecular weight excluding hydrogens is 595 g/mol. The molecule has 0 bridgehead atoms. The Morgan fingerprint density at radius 3 is 2.67 bits per heavy atom. The highest BCUT2D eigenvalue weighted by Crippen LogP contribution is 2.36. The second-order valence-electron chi connectivity index (χ2n) is 10.1. The molecule has 0 aromatic heterocycles. The van der Waals surface area contributed by atoms with Crippen LogP contribution < -0.4 is 4.74 Å². The molecule has 0 radical (unpaired) electrons. The van der Waals surface area contributed by atoms with E-state index >= 15 is 0 Å². The van der Waals surface area contributed by atoms with Crippen LogP contribution in [0.15, 0.2) is 48.6 Å². The Bertz CT molecular complexity index is 1040. The van der Waals surface area contributed by atoms with Crippen molar-refractivity contribution in [3.63, 3.8) is 0 Å². The maximum atomic E-state index is 12.9. The van der Waals surface area contributed by atoms with Crippen LogP contribution in [0.4, 0.5) is 13.2 Å². The average Bonchev–Trinajstić information content (AvgIpc) is 3.22. The van der Waals surface area contributed by atoms with E-state index in [1.807, 2.05) is 12.2 Å². The van der Waals surface area contributed by atoms with E-state index in [-0.39, 0.29) is 43.7 Å². The molecule has 0 unspecified atom stereocenters. The molecule has 1 aromatic rings. The smallest absolute Gasteiger partial charge is 0.416 e. The number of alkyl halides is 3. The number of allylic oxidation sites excluding steroid dienone is 2. The molecule has 14 heteroatoms. The Morgan fingerprint density at radius 2 is 1.93 bits per heavy atom. The minimum absolute atomic E-state index is 0.0266. The molecule has 1 aliphatic carbocycles. The molecule has 10 nitrogen and oxygen atoms in total. The zero-order valence-corrected chi connectivity index (χ0v) is 24.6. The quantitative estimate of drug-likeness (QED) is 0.0603. The van der Waals surface area contributed by atoms with Gasteiger partial charge in [0.1, 0.15) is 25.1 Å². The Balaban J connectivity index is 1.63. The van der Waals surface area contributed by atoms with Crippen molar-refractivity contribution in [2.45, 2.75) is 69.4 Å². The van der Waals surface area contributed by atoms with Gasteiger partial charge in [0, 0.05) is 24.5 Å². The second kappa shape index (κ2) is 19.5. The predicted octanol–water partition coefficient (Wildman–Crippen LogP) is 4.74. The van der Waals surface area contributed by atoms with Gasteiger partial charge in [0.25, 0.3) is 5.09 Å². The lowest BCUT2D eigenvalue weighted by Gasteiger charge is -2.19. The number of aliphatic hydroxyl groups excluding tert-OH is 3. The van der Waals surface area contributed by atoms with Crippen molar-refractivity contribution in [3.8, 4) is 5.75 Å². The summed E-state index contributed by atoms with van der Waals surface area (Å²) in [5, 5.41) is 40.3. The summed E-state index contributed by atoms with van der Waals surface area (Å²) in [7, 11) is 0. The number of carbonyl (C=O) groups excluding carboxylic acids is 1. The molecule has 5 atom stereocenters. The minimum Gasteiger partial charge on any atom is -0.491 e. The number of rotatable bonds is 20. The first kappa shape index (κ1) is 36.4. The molecule has 2 rings (SSSR count). The Labute approximate surface area is 253 Å². The predicted molar refractivity (Wildman–Crippen MR) is 154 cm³/mol. The van der Waals surface area contributed by atoms with Crippen LogP contribution in [0, 0.1) is 22.0 Å². The van der Waals surface area contributed by atoms with Gasteiger partial charge < -0.3 is 29.6 Å².